The maximum Gasteiger partial charge on any atom is 0.336 e. The van der Waals surface area contributed by atoms with Gasteiger partial charge in [0.2, 0.25) is 0 Å². The molecule has 1 aliphatic carbocycles. The molecule has 3 atom stereocenters. The number of methoxy groups -OCH3 is 1. The van der Waals surface area contributed by atoms with Crippen molar-refractivity contribution < 1.29 is 28.2 Å². The van der Waals surface area contributed by atoms with Crippen LogP contribution < -0.4 is 5.32 Å². The van der Waals surface area contributed by atoms with Crippen molar-refractivity contribution in [1.29, 1.82) is 0 Å². The highest BCUT2D eigenvalue weighted by molar-refractivity contribution is 6.31. The number of rotatable bonds is 5. The summed E-state index contributed by atoms with van der Waals surface area (Å²) in [6.45, 7) is 5.48. The van der Waals surface area contributed by atoms with Gasteiger partial charge in [0.25, 0.3) is 0 Å². The molecule has 0 aromatic heterocycles. The highest BCUT2D eigenvalue weighted by atomic mass is 35.5. The van der Waals surface area contributed by atoms with E-state index in [9.17, 15) is 14.4 Å². The van der Waals surface area contributed by atoms with Gasteiger partial charge in [0.1, 0.15) is 11.7 Å². The van der Waals surface area contributed by atoms with Crippen LogP contribution in [-0.2, 0) is 23.9 Å². The molecule has 1 N–H and O–H groups in total. The number of ether oxygens (including phenoxy) is 2. The molecule has 0 saturated heterocycles. The van der Waals surface area contributed by atoms with Crippen molar-refractivity contribution in [3.05, 3.63) is 57.1 Å². The van der Waals surface area contributed by atoms with Gasteiger partial charge in [0.15, 0.2) is 5.78 Å². The molecule has 31 heavy (non-hydrogen) atoms. The monoisotopic (exact) mass is 449 g/mol. The van der Waals surface area contributed by atoms with E-state index in [4.69, 9.17) is 21.1 Å². The van der Waals surface area contributed by atoms with Crippen LogP contribution >= 0.6 is 11.6 Å². The number of Topliss-reactive ketones (excluding diaryl/α,β-unsaturated/α-hetero) is 1. The number of halogens is 2. The van der Waals surface area contributed by atoms with Crippen LogP contribution in [0.15, 0.2) is 40.7 Å². The van der Waals surface area contributed by atoms with Crippen molar-refractivity contribution in [2.75, 3.05) is 13.7 Å². The van der Waals surface area contributed by atoms with E-state index >= 15 is 4.39 Å². The third kappa shape index (κ3) is 4.11. The van der Waals surface area contributed by atoms with Crippen molar-refractivity contribution in [3.8, 4) is 0 Å². The fourth-order valence-corrected chi connectivity index (χ4v) is 4.57. The molecule has 0 amide bonds. The van der Waals surface area contributed by atoms with E-state index in [1.807, 2.05) is 6.92 Å². The van der Waals surface area contributed by atoms with Gasteiger partial charge in [-0.15, -0.1) is 0 Å². The van der Waals surface area contributed by atoms with Crippen LogP contribution in [-0.4, -0.2) is 31.4 Å². The highest BCUT2D eigenvalue weighted by Gasteiger charge is 2.48. The van der Waals surface area contributed by atoms with Crippen LogP contribution in [0.3, 0.4) is 0 Å². The topological polar surface area (TPSA) is 81.7 Å². The molecule has 0 fully saturated rings. The normalized spacial score (nSPS) is 23.3. The minimum Gasteiger partial charge on any atom is -0.468 e. The summed E-state index contributed by atoms with van der Waals surface area (Å²) in [5.74, 6) is -4.96. The standard InChI is InChI=1S/C23H25ClFNO5/c1-5-9-31-23(29)17-12(3)26-15-10-11(2)16(22(28)30-4)21(27)19(15)20(17)18-13(24)7-6-8-14(18)25/h6-8,11,16,20,26H,5,9-10H2,1-4H3/t11-,16-,20+/m1/s1. The van der Waals surface area contributed by atoms with Gasteiger partial charge < -0.3 is 14.8 Å². The number of benzene rings is 1. The van der Waals surface area contributed by atoms with Gasteiger partial charge in [-0.25, -0.2) is 9.18 Å². The van der Waals surface area contributed by atoms with Crippen LogP contribution in [0.25, 0.3) is 0 Å². The lowest BCUT2D eigenvalue weighted by Crippen LogP contribution is -2.43. The summed E-state index contributed by atoms with van der Waals surface area (Å²) in [5, 5.41) is 3.20. The number of allylic oxidation sites excluding steroid dienone is 3. The maximum atomic E-state index is 15.0. The molecule has 1 aromatic rings. The Balaban J connectivity index is 2.23. The van der Waals surface area contributed by atoms with E-state index in [-0.39, 0.29) is 34.3 Å². The second-order valence-corrected chi connectivity index (χ2v) is 8.21. The highest BCUT2D eigenvalue weighted by Crippen LogP contribution is 2.47. The van der Waals surface area contributed by atoms with Crippen LogP contribution in [0.4, 0.5) is 4.39 Å². The van der Waals surface area contributed by atoms with Gasteiger partial charge >= 0.3 is 11.9 Å². The van der Waals surface area contributed by atoms with Crippen molar-refractivity contribution in [2.24, 2.45) is 11.8 Å². The Morgan fingerprint density at radius 1 is 1.32 bits per heavy atom. The Labute approximate surface area is 185 Å². The average Bonchev–Trinajstić information content (AvgIpc) is 2.71. The summed E-state index contributed by atoms with van der Waals surface area (Å²) in [7, 11) is 1.22. The molecule has 166 valence electrons. The van der Waals surface area contributed by atoms with E-state index in [1.54, 1.807) is 13.8 Å². The molecule has 2 aliphatic rings. The summed E-state index contributed by atoms with van der Waals surface area (Å²) in [6, 6.07) is 4.17. The molecule has 1 heterocycles. The molecule has 0 radical (unpaired) electrons. The molecule has 8 heteroatoms. The largest absolute Gasteiger partial charge is 0.468 e. The Morgan fingerprint density at radius 3 is 2.65 bits per heavy atom. The molecule has 0 spiro atoms. The lowest BCUT2D eigenvalue weighted by Gasteiger charge is -2.38. The molecular formula is C23H25ClFNO5. The zero-order valence-corrected chi connectivity index (χ0v) is 18.6. The fraction of sp³-hybridized carbons (Fsp3) is 0.435. The predicted molar refractivity (Wildman–Crippen MR) is 113 cm³/mol. The van der Waals surface area contributed by atoms with E-state index in [1.165, 1.54) is 25.3 Å². The first-order valence-corrected chi connectivity index (χ1v) is 10.5. The van der Waals surface area contributed by atoms with Gasteiger partial charge in [-0.1, -0.05) is 31.5 Å². The number of dihydropyridines is 1. The first-order valence-electron chi connectivity index (χ1n) is 10.2. The van der Waals surface area contributed by atoms with Crippen LogP contribution in [0.1, 0.15) is 45.1 Å². The van der Waals surface area contributed by atoms with Crippen molar-refractivity contribution >= 4 is 29.3 Å². The number of hydrogen-bond donors (Lipinski definition) is 1. The Kier molecular flexibility index (Phi) is 6.84. The van der Waals surface area contributed by atoms with E-state index in [2.05, 4.69) is 5.32 Å². The quantitative estimate of drug-likeness (QED) is 0.539. The summed E-state index contributed by atoms with van der Waals surface area (Å²) in [5.41, 5.74) is 1.26. The Bertz CT molecular complexity index is 979. The molecule has 1 aliphatic heterocycles. The molecule has 6 nitrogen and oxygen atoms in total. The zero-order chi connectivity index (χ0) is 22.9. The van der Waals surface area contributed by atoms with Gasteiger partial charge in [0, 0.05) is 27.6 Å². The number of esters is 2. The fourth-order valence-electron chi connectivity index (χ4n) is 4.30. The van der Waals surface area contributed by atoms with Gasteiger partial charge in [0.05, 0.1) is 25.2 Å². The third-order valence-corrected chi connectivity index (χ3v) is 6.02. The van der Waals surface area contributed by atoms with Crippen molar-refractivity contribution in [1.82, 2.24) is 5.32 Å². The Hall–Kier alpha value is -2.67. The third-order valence-electron chi connectivity index (χ3n) is 5.69. The second kappa shape index (κ2) is 9.22. The van der Waals surface area contributed by atoms with Gasteiger partial charge in [-0.2, -0.15) is 0 Å². The second-order valence-electron chi connectivity index (χ2n) is 7.81. The number of nitrogens with one attached hydrogen (secondary N) is 1. The average molecular weight is 450 g/mol. The Morgan fingerprint density at radius 2 is 2.03 bits per heavy atom. The molecule has 1 aromatic carbocycles. The van der Waals surface area contributed by atoms with Gasteiger partial charge in [-0.05, 0) is 37.8 Å². The molecule has 0 bridgehead atoms. The molecular weight excluding hydrogens is 425 g/mol. The van der Waals surface area contributed by atoms with E-state index in [0.717, 1.165) is 0 Å². The zero-order valence-electron chi connectivity index (χ0n) is 17.9. The number of carbonyl (C=O) groups is 3. The lowest BCUT2D eigenvalue weighted by molar-refractivity contribution is -0.151. The smallest absolute Gasteiger partial charge is 0.336 e. The molecule has 3 rings (SSSR count). The minimum absolute atomic E-state index is 0.00693. The van der Waals surface area contributed by atoms with E-state index < -0.39 is 35.4 Å². The lowest BCUT2D eigenvalue weighted by atomic mass is 9.69. The van der Waals surface area contributed by atoms with E-state index in [0.29, 0.717) is 24.2 Å². The molecule has 0 saturated carbocycles. The molecule has 0 unspecified atom stereocenters. The van der Waals surface area contributed by atoms with Crippen molar-refractivity contribution in [3.63, 3.8) is 0 Å². The van der Waals surface area contributed by atoms with Crippen LogP contribution in [0, 0.1) is 17.7 Å². The summed E-state index contributed by atoms with van der Waals surface area (Å²) in [6.07, 6.45) is 0.962. The maximum absolute atomic E-state index is 15.0. The van der Waals surface area contributed by atoms with Gasteiger partial charge in [-0.3, -0.25) is 9.59 Å². The minimum atomic E-state index is -1.10. The first-order chi connectivity index (χ1) is 14.7. The SMILES string of the molecule is CCCOC(=O)C1=C(C)NC2=C(C(=O)[C@H](C(=O)OC)[C@H](C)C2)[C@@H]1c1c(F)cccc1Cl. The summed E-state index contributed by atoms with van der Waals surface area (Å²) in [4.78, 5) is 38.9. The number of carbonyl (C=O) groups excluding carboxylic acids is 3. The number of hydrogen-bond acceptors (Lipinski definition) is 6. The summed E-state index contributed by atoms with van der Waals surface area (Å²) >= 11 is 6.36. The number of ketones is 1. The van der Waals surface area contributed by atoms with Crippen molar-refractivity contribution in [2.45, 2.75) is 39.5 Å². The first kappa shape index (κ1) is 23.0. The van der Waals surface area contributed by atoms with Crippen LogP contribution in [0.2, 0.25) is 5.02 Å². The van der Waals surface area contributed by atoms with Crippen LogP contribution in [0.5, 0.6) is 0 Å². The predicted octanol–water partition coefficient (Wildman–Crippen LogP) is 4.05. The summed E-state index contributed by atoms with van der Waals surface area (Å²) < 4.78 is 25.2.